The zero-order chi connectivity index (χ0) is 15.1. The number of hydrogen-bond acceptors (Lipinski definition) is 3. The van der Waals surface area contributed by atoms with Crippen molar-refractivity contribution in [2.45, 2.75) is 26.9 Å². The van der Waals surface area contributed by atoms with Crippen LogP contribution in [0.1, 0.15) is 34.8 Å². The highest BCUT2D eigenvalue weighted by atomic mass is 16.5. The molecule has 2 aromatic rings. The van der Waals surface area contributed by atoms with Crippen LogP contribution >= 0.6 is 0 Å². The summed E-state index contributed by atoms with van der Waals surface area (Å²) >= 11 is 0. The zero-order valence-electron chi connectivity index (χ0n) is 12.5. The molecule has 0 fully saturated rings. The van der Waals surface area contributed by atoms with Crippen molar-refractivity contribution in [1.82, 2.24) is 0 Å². The number of benzene rings is 2. The van der Waals surface area contributed by atoms with Crippen LogP contribution in [0, 0.1) is 6.92 Å². The van der Waals surface area contributed by atoms with E-state index in [2.05, 4.69) is 6.92 Å². The first-order valence-corrected chi connectivity index (χ1v) is 7.13. The van der Waals surface area contributed by atoms with Gasteiger partial charge in [-0.25, -0.2) is 0 Å². The molecule has 0 radical (unpaired) electrons. The maximum absolute atomic E-state index is 11.1. The number of aldehydes is 1. The third kappa shape index (κ3) is 4.35. The van der Waals surface area contributed by atoms with Gasteiger partial charge >= 0.3 is 0 Å². The summed E-state index contributed by atoms with van der Waals surface area (Å²) in [6.45, 7) is 5.18. The normalized spacial score (nSPS) is 10.2. The molecule has 3 heteroatoms. The van der Waals surface area contributed by atoms with Crippen LogP contribution in [0.2, 0.25) is 0 Å². The summed E-state index contributed by atoms with van der Waals surface area (Å²) in [5.41, 5.74) is 2.81. The van der Waals surface area contributed by atoms with E-state index in [1.54, 1.807) is 18.2 Å². The summed E-state index contributed by atoms with van der Waals surface area (Å²) in [6.07, 6.45) is 1.74. The molecular formula is C18H20O3. The second-order valence-electron chi connectivity index (χ2n) is 4.94. The van der Waals surface area contributed by atoms with Crippen LogP contribution in [-0.2, 0) is 6.61 Å². The summed E-state index contributed by atoms with van der Waals surface area (Å²) in [5, 5.41) is 0. The van der Waals surface area contributed by atoms with E-state index in [9.17, 15) is 4.79 Å². The molecule has 0 aromatic heterocycles. The molecule has 0 saturated heterocycles. The molecule has 0 spiro atoms. The van der Waals surface area contributed by atoms with E-state index in [-0.39, 0.29) is 0 Å². The minimum atomic E-state index is 0.429. The molecular weight excluding hydrogens is 264 g/mol. The average Bonchev–Trinajstić information content (AvgIpc) is 2.52. The first-order chi connectivity index (χ1) is 10.2. The topological polar surface area (TPSA) is 35.5 Å². The van der Waals surface area contributed by atoms with Gasteiger partial charge in [-0.15, -0.1) is 0 Å². The van der Waals surface area contributed by atoms with E-state index in [0.29, 0.717) is 24.5 Å². The van der Waals surface area contributed by atoms with E-state index < -0.39 is 0 Å². The molecule has 3 nitrogen and oxygen atoms in total. The Bertz CT molecular complexity index is 588. The van der Waals surface area contributed by atoms with Crippen molar-refractivity contribution in [2.24, 2.45) is 0 Å². The minimum Gasteiger partial charge on any atom is -0.493 e. The van der Waals surface area contributed by atoms with Crippen LogP contribution in [0.25, 0.3) is 0 Å². The van der Waals surface area contributed by atoms with Crippen LogP contribution in [-0.4, -0.2) is 12.9 Å². The lowest BCUT2D eigenvalue weighted by atomic mass is 10.1. The summed E-state index contributed by atoms with van der Waals surface area (Å²) in [6, 6.07) is 13.4. The number of carbonyl (C=O) groups is 1. The molecule has 21 heavy (non-hydrogen) atoms. The van der Waals surface area contributed by atoms with Gasteiger partial charge in [-0.1, -0.05) is 36.8 Å². The van der Waals surface area contributed by atoms with Gasteiger partial charge in [0.1, 0.15) is 18.1 Å². The number of aryl methyl sites for hydroxylation is 1. The van der Waals surface area contributed by atoms with Crippen LogP contribution < -0.4 is 9.47 Å². The second kappa shape index (κ2) is 7.48. The predicted molar refractivity (Wildman–Crippen MR) is 83.1 cm³/mol. The van der Waals surface area contributed by atoms with Crippen molar-refractivity contribution in [3.63, 3.8) is 0 Å². The van der Waals surface area contributed by atoms with Crippen molar-refractivity contribution in [3.05, 3.63) is 59.2 Å². The van der Waals surface area contributed by atoms with Crippen LogP contribution in [0.4, 0.5) is 0 Å². The van der Waals surface area contributed by atoms with Gasteiger partial charge in [-0.2, -0.15) is 0 Å². The van der Waals surface area contributed by atoms with Crippen LogP contribution in [0.15, 0.2) is 42.5 Å². The van der Waals surface area contributed by atoms with Crippen molar-refractivity contribution in [3.8, 4) is 11.5 Å². The molecule has 0 aliphatic heterocycles. The highest BCUT2D eigenvalue weighted by molar-refractivity contribution is 5.79. The van der Waals surface area contributed by atoms with Gasteiger partial charge < -0.3 is 9.47 Å². The fourth-order valence-electron chi connectivity index (χ4n) is 1.89. The fraction of sp³-hybridized carbons (Fsp3) is 0.278. The third-order valence-corrected chi connectivity index (χ3v) is 3.10. The number of carbonyl (C=O) groups excluding carboxylic acids is 1. The Kier molecular flexibility index (Phi) is 5.38. The Labute approximate surface area is 125 Å². The lowest BCUT2D eigenvalue weighted by molar-refractivity contribution is 0.111. The first-order valence-electron chi connectivity index (χ1n) is 7.13. The van der Waals surface area contributed by atoms with Gasteiger partial charge in [-0.3, -0.25) is 4.79 Å². The summed E-state index contributed by atoms with van der Waals surface area (Å²) in [5.74, 6) is 1.28. The lowest BCUT2D eigenvalue weighted by Gasteiger charge is -2.11. The molecule has 0 aliphatic rings. The fourth-order valence-corrected chi connectivity index (χ4v) is 1.89. The maximum atomic E-state index is 11.1. The van der Waals surface area contributed by atoms with E-state index in [0.717, 1.165) is 24.0 Å². The lowest BCUT2D eigenvalue weighted by Crippen LogP contribution is -2.00. The van der Waals surface area contributed by atoms with Gasteiger partial charge in [0.05, 0.1) is 12.2 Å². The van der Waals surface area contributed by atoms with Crippen LogP contribution in [0.3, 0.4) is 0 Å². The van der Waals surface area contributed by atoms with Crippen LogP contribution in [0.5, 0.6) is 11.5 Å². The maximum Gasteiger partial charge on any atom is 0.153 e. The Hall–Kier alpha value is -2.29. The predicted octanol–water partition coefficient (Wildman–Crippen LogP) is 4.18. The molecule has 0 atom stereocenters. The minimum absolute atomic E-state index is 0.429. The van der Waals surface area contributed by atoms with E-state index >= 15 is 0 Å². The van der Waals surface area contributed by atoms with E-state index in [1.807, 2.05) is 31.2 Å². The molecule has 0 bridgehead atoms. The molecule has 0 aliphatic carbocycles. The Balaban J connectivity index is 2.09. The van der Waals surface area contributed by atoms with E-state index in [1.165, 1.54) is 5.56 Å². The largest absolute Gasteiger partial charge is 0.493 e. The monoisotopic (exact) mass is 284 g/mol. The summed E-state index contributed by atoms with van der Waals surface area (Å²) in [4.78, 5) is 11.1. The van der Waals surface area contributed by atoms with Gasteiger partial charge in [0.15, 0.2) is 6.29 Å². The average molecular weight is 284 g/mol. The van der Waals surface area contributed by atoms with Gasteiger partial charge in [0, 0.05) is 6.07 Å². The quantitative estimate of drug-likeness (QED) is 0.716. The standard InChI is InChI=1S/C18H20O3/c1-3-10-20-17-9-8-16(12-19)18(11-17)21-13-15-6-4-14(2)5-7-15/h4-9,11-12H,3,10,13H2,1-2H3. The number of hydrogen-bond donors (Lipinski definition) is 0. The molecule has 2 rings (SSSR count). The first kappa shape index (κ1) is 15.1. The zero-order valence-corrected chi connectivity index (χ0v) is 12.5. The Morgan fingerprint density at radius 2 is 1.81 bits per heavy atom. The van der Waals surface area contributed by atoms with Crippen molar-refractivity contribution >= 4 is 6.29 Å². The number of rotatable bonds is 7. The van der Waals surface area contributed by atoms with Gasteiger partial charge in [0.2, 0.25) is 0 Å². The molecule has 0 saturated carbocycles. The van der Waals surface area contributed by atoms with Crippen molar-refractivity contribution in [1.29, 1.82) is 0 Å². The highest BCUT2D eigenvalue weighted by Gasteiger charge is 2.06. The molecule has 0 unspecified atom stereocenters. The molecule has 0 N–H and O–H groups in total. The Morgan fingerprint density at radius 1 is 1.05 bits per heavy atom. The van der Waals surface area contributed by atoms with Gasteiger partial charge in [0.25, 0.3) is 0 Å². The van der Waals surface area contributed by atoms with Crippen molar-refractivity contribution < 1.29 is 14.3 Å². The molecule has 2 aromatic carbocycles. The molecule has 0 amide bonds. The van der Waals surface area contributed by atoms with Crippen molar-refractivity contribution in [2.75, 3.05) is 6.61 Å². The Morgan fingerprint density at radius 3 is 2.48 bits per heavy atom. The van der Waals surface area contributed by atoms with E-state index in [4.69, 9.17) is 9.47 Å². The smallest absolute Gasteiger partial charge is 0.153 e. The third-order valence-electron chi connectivity index (χ3n) is 3.10. The SMILES string of the molecule is CCCOc1ccc(C=O)c(OCc2ccc(C)cc2)c1. The number of ether oxygens (including phenoxy) is 2. The van der Waals surface area contributed by atoms with Gasteiger partial charge in [-0.05, 0) is 31.0 Å². The summed E-state index contributed by atoms with van der Waals surface area (Å²) in [7, 11) is 0. The molecule has 0 heterocycles. The molecule has 110 valence electrons. The summed E-state index contributed by atoms with van der Waals surface area (Å²) < 4.78 is 11.3. The second-order valence-corrected chi connectivity index (χ2v) is 4.94. The highest BCUT2D eigenvalue weighted by Crippen LogP contribution is 2.25.